The molecule has 1 N–H and O–H groups in total. The molecule has 2 rings (SSSR count). The fourth-order valence-corrected chi connectivity index (χ4v) is 3.02. The number of halogens is 1. The molecule has 0 radical (unpaired) electrons. The van der Waals surface area contributed by atoms with Crippen molar-refractivity contribution in [3.8, 4) is 0 Å². The molecule has 1 fully saturated rings. The molecule has 0 aliphatic carbocycles. The first-order valence-electron chi connectivity index (χ1n) is 8.05. The lowest BCUT2D eigenvalue weighted by molar-refractivity contribution is 0.556. The molecule has 0 unspecified atom stereocenters. The van der Waals surface area contributed by atoms with Crippen molar-refractivity contribution in [2.75, 3.05) is 24.5 Å². The van der Waals surface area contributed by atoms with Crippen LogP contribution in [0, 0.1) is 0 Å². The van der Waals surface area contributed by atoms with Crippen molar-refractivity contribution in [3.63, 3.8) is 0 Å². The van der Waals surface area contributed by atoms with Gasteiger partial charge in [0.15, 0.2) is 0 Å². The second-order valence-electron chi connectivity index (χ2n) is 5.71. The van der Waals surface area contributed by atoms with E-state index in [4.69, 9.17) is 11.6 Å². The summed E-state index contributed by atoms with van der Waals surface area (Å²) in [6.07, 6.45) is 7.89. The summed E-state index contributed by atoms with van der Waals surface area (Å²) in [6, 6.07) is 6.56. The van der Waals surface area contributed by atoms with E-state index in [9.17, 15) is 0 Å². The van der Waals surface area contributed by atoms with Crippen LogP contribution in [0.5, 0.6) is 0 Å². The van der Waals surface area contributed by atoms with Crippen LogP contribution in [0.2, 0.25) is 5.02 Å². The molecule has 0 saturated carbocycles. The summed E-state index contributed by atoms with van der Waals surface area (Å²) < 4.78 is 0. The highest BCUT2D eigenvalue weighted by Crippen LogP contribution is 2.25. The summed E-state index contributed by atoms with van der Waals surface area (Å²) in [4.78, 5) is 2.49. The molecule has 20 heavy (non-hydrogen) atoms. The van der Waals surface area contributed by atoms with Gasteiger partial charge in [0, 0.05) is 30.3 Å². The van der Waals surface area contributed by atoms with Crippen LogP contribution in [-0.2, 0) is 6.54 Å². The zero-order valence-electron chi connectivity index (χ0n) is 12.6. The quantitative estimate of drug-likeness (QED) is 0.798. The average molecular weight is 295 g/mol. The number of hydrogen-bond acceptors (Lipinski definition) is 2. The van der Waals surface area contributed by atoms with E-state index in [2.05, 4.69) is 35.3 Å². The number of benzene rings is 1. The van der Waals surface area contributed by atoms with Gasteiger partial charge < -0.3 is 10.2 Å². The SMILES string of the molecule is CCCNCc1ccc(N2CCCCCCC2)cc1Cl. The maximum Gasteiger partial charge on any atom is 0.0471 e. The maximum atomic E-state index is 6.43. The van der Waals surface area contributed by atoms with E-state index >= 15 is 0 Å². The van der Waals surface area contributed by atoms with Crippen LogP contribution in [0.1, 0.15) is 51.0 Å². The Kier molecular flexibility index (Phi) is 6.68. The third-order valence-corrected chi connectivity index (χ3v) is 4.35. The monoisotopic (exact) mass is 294 g/mol. The Labute approximate surface area is 128 Å². The lowest BCUT2D eigenvalue weighted by Gasteiger charge is -2.27. The van der Waals surface area contributed by atoms with Crippen LogP contribution in [0.4, 0.5) is 5.69 Å². The minimum absolute atomic E-state index is 0.868. The van der Waals surface area contributed by atoms with Crippen molar-refractivity contribution < 1.29 is 0 Å². The molecule has 2 nitrogen and oxygen atoms in total. The highest BCUT2D eigenvalue weighted by atomic mass is 35.5. The van der Waals surface area contributed by atoms with Gasteiger partial charge in [-0.3, -0.25) is 0 Å². The van der Waals surface area contributed by atoms with Gasteiger partial charge in [0.05, 0.1) is 0 Å². The van der Waals surface area contributed by atoms with Gasteiger partial charge in [0.2, 0.25) is 0 Å². The Balaban J connectivity index is 1.99. The lowest BCUT2D eigenvalue weighted by Crippen LogP contribution is -2.27. The van der Waals surface area contributed by atoms with Crippen LogP contribution < -0.4 is 10.2 Å². The molecule has 3 heteroatoms. The van der Waals surface area contributed by atoms with E-state index in [1.807, 2.05) is 0 Å². The van der Waals surface area contributed by atoms with Crippen molar-refractivity contribution in [1.29, 1.82) is 0 Å². The Morgan fingerprint density at radius 1 is 1.10 bits per heavy atom. The molecule has 1 aromatic rings. The topological polar surface area (TPSA) is 15.3 Å². The van der Waals surface area contributed by atoms with Crippen LogP contribution in [0.25, 0.3) is 0 Å². The van der Waals surface area contributed by atoms with Crippen LogP contribution in [0.15, 0.2) is 18.2 Å². The summed E-state index contributed by atoms with van der Waals surface area (Å²) in [5, 5.41) is 4.31. The van der Waals surface area contributed by atoms with Gasteiger partial charge in [0.1, 0.15) is 0 Å². The zero-order chi connectivity index (χ0) is 14.2. The lowest BCUT2D eigenvalue weighted by atomic mass is 10.1. The largest absolute Gasteiger partial charge is 0.371 e. The molecule has 112 valence electrons. The summed E-state index contributed by atoms with van der Waals surface area (Å²) >= 11 is 6.43. The van der Waals surface area contributed by atoms with Crippen molar-refractivity contribution in [2.45, 2.75) is 52.0 Å². The number of rotatable bonds is 5. The Bertz CT molecular complexity index is 398. The van der Waals surface area contributed by atoms with Gasteiger partial charge >= 0.3 is 0 Å². The van der Waals surface area contributed by atoms with Crippen molar-refractivity contribution in [3.05, 3.63) is 28.8 Å². The fraction of sp³-hybridized carbons (Fsp3) is 0.647. The highest BCUT2D eigenvalue weighted by Gasteiger charge is 2.10. The molecule has 0 spiro atoms. The van der Waals surface area contributed by atoms with E-state index in [0.717, 1.165) is 24.5 Å². The van der Waals surface area contributed by atoms with E-state index in [-0.39, 0.29) is 0 Å². The van der Waals surface area contributed by atoms with Gasteiger partial charge in [-0.25, -0.2) is 0 Å². The number of nitrogens with one attached hydrogen (secondary N) is 1. The predicted molar refractivity (Wildman–Crippen MR) is 88.7 cm³/mol. The molecule has 1 aliphatic heterocycles. The van der Waals surface area contributed by atoms with E-state index in [1.54, 1.807) is 0 Å². The number of hydrogen-bond donors (Lipinski definition) is 1. The first kappa shape index (κ1) is 15.7. The standard InChI is InChI=1S/C17H27ClN2/c1-2-10-19-14-15-8-9-16(13-17(15)18)20-11-6-4-3-5-7-12-20/h8-9,13,19H,2-7,10-12,14H2,1H3. The molecule has 1 saturated heterocycles. The van der Waals surface area contributed by atoms with Gasteiger partial charge in [-0.2, -0.15) is 0 Å². The van der Waals surface area contributed by atoms with E-state index in [1.165, 1.54) is 56.4 Å². The average Bonchev–Trinajstić information content (AvgIpc) is 2.40. The van der Waals surface area contributed by atoms with Gasteiger partial charge in [-0.1, -0.05) is 43.9 Å². The Morgan fingerprint density at radius 2 is 1.80 bits per heavy atom. The van der Waals surface area contributed by atoms with Crippen LogP contribution in [0.3, 0.4) is 0 Å². The molecule has 1 aliphatic rings. The summed E-state index contributed by atoms with van der Waals surface area (Å²) in [6.45, 7) is 6.43. The molecule has 0 aromatic heterocycles. The van der Waals surface area contributed by atoms with Crippen LogP contribution >= 0.6 is 11.6 Å². The Hall–Kier alpha value is -0.730. The molecule has 0 atom stereocenters. The predicted octanol–water partition coefficient (Wildman–Crippen LogP) is 4.61. The highest BCUT2D eigenvalue weighted by molar-refractivity contribution is 6.31. The summed E-state index contributed by atoms with van der Waals surface area (Å²) in [5.74, 6) is 0. The van der Waals surface area contributed by atoms with E-state index in [0.29, 0.717) is 0 Å². The Morgan fingerprint density at radius 3 is 2.45 bits per heavy atom. The van der Waals surface area contributed by atoms with Crippen LogP contribution in [-0.4, -0.2) is 19.6 Å². The minimum atomic E-state index is 0.868. The second kappa shape index (κ2) is 8.53. The molecular formula is C17H27ClN2. The normalized spacial score (nSPS) is 16.8. The third-order valence-electron chi connectivity index (χ3n) is 4.00. The van der Waals surface area contributed by atoms with Crippen molar-refractivity contribution in [1.82, 2.24) is 5.32 Å². The number of anilines is 1. The molecule has 0 bridgehead atoms. The molecule has 1 aromatic carbocycles. The summed E-state index contributed by atoms with van der Waals surface area (Å²) in [5.41, 5.74) is 2.49. The summed E-state index contributed by atoms with van der Waals surface area (Å²) in [7, 11) is 0. The zero-order valence-corrected chi connectivity index (χ0v) is 13.4. The first-order valence-corrected chi connectivity index (χ1v) is 8.43. The van der Waals surface area contributed by atoms with Crippen molar-refractivity contribution >= 4 is 17.3 Å². The van der Waals surface area contributed by atoms with Gasteiger partial charge in [-0.15, -0.1) is 0 Å². The third kappa shape index (κ3) is 4.68. The number of nitrogens with zero attached hydrogens (tertiary/aromatic N) is 1. The second-order valence-corrected chi connectivity index (χ2v) is 6.11. The molecular weight excluding hydrogens is 268 g/mol. The van der Waals surface area contributed by atoms with Crippen molar-refractivity contribution in [2.24, 2.45) is 0 Å². The van der Waals surface area contributed by atoms with Gasteiger partial charge in [-0.05, 0) is 43.5 Å². The maximum absolute atomic E-state index is 6.43. The minimum Gasteiger partial charge on any atom is -0.371 e. The molecule has 1 heterocycles. The first-order chi connectivity index (χ1) is 9.81. The fourth-order valence-electron chi connectivity index (χ4n) is 2.78. The smallest absolute Gasteiger partial charge is 0.0471 e. The van der Waals surface area contributed by atoms with E-state index < -0.39 is 0 Å². The van der Waals surface area contributed by atoms with Gasteiger partial charge in [0.25, 0.3) is 0 Å². The molecule has 0 amide bonds.